The van der Waals surface area contributed by atoms with Crippen LogP contribution < -0.4 is 16.0 Å². The normalized spacial score (nSPS) is 27.4. The van der Waals surface area contributed by atoms with Crippen LogP contribution in [0.2, 0.25) is 0 Å². The number of nitrogens with one attached hydrogen (secondary N) is 3. The van der Waals surface area contributed by atoms with Gasteiger partial charge in [-0.1, -0.05) is 29.8 Å². The van der Waals surface area contributed by atoms with Crippen molar-refractivity contribution in [3.05, 3.63) is 39.5 Å². The van der Waals surface area contributed by atoms with Crippen molar-refractivity contribution in [2.75, 3.05) is 5.32 Å². The molecule has 1 aromatic rings. The van der Waals surface area contributed by atoms with Crippen LogP contribution in [0.15, 0.2) is 33.9 Å². The van der Waals surface area contributed by atoms with Gasteiger partial charge in [0, 0.05) is 27.8 Å². The van der Waals surface area contributed by atoms with Gasteiger partial charge in [0.15, 0.2) is 16.4 Å². The molecule has 0 saturated carbocycles. The summed E-state index contributed by atoms with van der Waals surface area (Å²) in [6.45, 7) is 4.10. The zero-order valence-electron chi connectivity index (χ0n) is 13.2. The van der Waals surface area contributed by atoms with Gasteiger partial charge < -0.3 is 16.0 Å². The maximum absolute atomic E-state index is 13.0. The molecule has 0 fully saturated rings. The van der Waals surface area contributed by atoms with Crippen LogP contribution in [0.1, 0.15) is 32.3 Å². The molecule has 24 heavy (non-hydrogen) atoms. The van der Waals surface area contributed by atoms with Crippen LogP contribution in [-0.2, 0) is 15.1 Å². The molecule has 2 heterocycles. The van der Waals surface area contributed by atoms with E-state index in [-0.39, 0.29) is 17.1 Å². The first-order chi connectivity index (χ1) is 11.2. The summed E-state index contributed by atoms with van der Waals surface area (Å²) >= 11 is 8.81. The monoisotopic (exact) mass is 405 g/mol. The summed E-state index contributed by atoms with van der Waals surface area (Å²) in [5.74, 6) is -0.285. The average Bonchev–Trinajstić information content (AvgIpc) is 2.69. The Bertz CT molecular complexity index is 861. The van der Waals surface area contributed by atoms with Crippen LogP contribution in [0.5, 0.6) is 0 Å². The van der Waals surface area contributed by atoms with Crippen molar-refractivity contribution in [2.45, 2.75) is 32.2 Å². The molecule has 0 radical (unpaired) electrons. The zero-order chi connectivity index (χ0) is 17.3. The summed E-state index contributed by atoms with van der Waals surface area (Å²) in [6, 6.07) is 5.56. The number of ketones is 1. The molecule has 3 N–H and O–H groups in total. The quantitative estimate of drug-likeness (QED) is 0.578. The van der Waals surface area contributed by atoms with Crippen molar-refractivity contribution >= 4 is 50.6 Å². The SMILES string of the molecule is CC1(C)CC(=O)C2=C(C1)NC(=S)NC21C(=O)Nc2ccc(Br)cc21. The van der Waals surface area contributed by atoms with E-state index in [1.165, 1.54) is 0 Å². The number of carbonyl (C=O) groups is 2. The maximum Gasteiger partial charge on any atom is 0.259 e. The number of allylic oxidation sites excluding steroid dienone is 1. The first-order valence-corrected chi connectivity index (χ1v) is 8.90. The lowest BCUT2D eigenvalue weighted by molar-refractivity contribution is -0.125. The van der Waals surface area contributed by atoms with Gasteiger partial charge >= 0.3 is 0 Å². The van der Waals surface area contributed by atoms with Gasteiger partial charge in [-0.15, -0.1) is 0 Å². The van der Waals surface area contributed by atoms with Crippen LogP contribution in [0, 0.1) is 5.41 Å². The summed E-state index contributed by atoms with van der Waals surface area (Å²) in [7, 11) is 0. The van der Waals surface area contributed by atoms with Crippen molar-refractivity contribution in [3.63, 3.8) is 0 Å². The highest BCUT2D eigenvalue weighted by atomic mass is 79.9. The predicted octanol–water partition coefficient (Wildman–Crippen LogP) is 2.72. The number of anilines is 1. The Balaban J connectivity index is 2.01. The Labute approximate surface area is 153 Å². The van der Waals surface area contributed by atoms with Gasteiger partial charge in [0.05, 0.1) is 5.57 Å². The number of fused-ring (bicyclic) bond motifs is 3. The highest BCUT2D eigenvalue weighted by molar-refractivity contribution is 9.10. The zero-order valence-corrected chi connectivity index (χ0v) is 15.7. The second-order valence-electron chi connectivity index (χ2n) is 7.27. The summed E-state index contributed by atoms with van der Waals surface area (Å²) in [4.78, 5) is 25.9. The van der Waals surface area contributed by atoms with Crippen molar-refractivity contribution in [1.29, 1.82) is 0 Å². The van der Waals surface area contributed by atoms with E-state index in [1.54, 1.807) is 0 Å². The van der Waals surface area contributed by atoms with E-state index in [1.807, 2.05) is 32.0 Å². The third-order valence-corrected chi connectivity index (χ3v) is 5.49. The molecule has 1 aromatic carbocycles. The number of benzene rings is 1. The fourth-order valence-electron chi connectivity index (χ4n) is 3.91. The van der Waals surface area contributed by atoms with Crippen LogP contribution in [-0.4, -0.2) is 16.8 Å². The summed E-state index contributed by atoms with van der Waals surface area (Å²) in [5.41, 5.74) is 1.26. The Hall–Kier alpha value is -1.73. The molecule has 1 unspecified atom stereocenters. The van der Waals surface area contributed by atoms with Crippen molar-refractivity contribution in [2.24, 2.45) is 5.41 Å². The molecule has 1 spiro atoms. The minimum atomic E-state index is -1.25. The Morgan fingerprint density at radius 2 is 1.92 bits per heavy atom. The molecule has 5 nitrogen and oxygen atoms in total. The van der Waals surface area contributed by atoms with Crippen LogP contribution in [0.25, 0.3) is 0 Å². The third kappa shape index (κ3) is 2.07. The standard InChI is InChI=1S/C17H16BrN3O2S/c1-16(2)6-11-13(12(22)7-16)17(21-15(24)20-11)9-5-8(18)3-4-10(9)19-14(17)23/h3-5H,6-7H2,1-2H3,(H,19,23)(H2,20,21,24). The van der Waals surface area contributed by atoms with E-state index >= 15 is 0 Å². The van der Waals surface area contributed by atoms with E-state index in [4.69, 9.17) is 12.2 Å². The fourth-order valence-corrected chi connectivity index (χ4v) is 4.55. The lowest BCUT2D eigenvalue weighted by Gasteiger charge is -2.43. The molecular formula is C17H16BrN3O2S. The summed E-state index contributed by atoms with van der Waals surface area (Å²) in [6.07, 6.45) is 1.08. The molecule has 1 aliphatic carbocycles. The molecule has 1 amide bonds. The molecule has 3 aliphatic rings. The van der Waals surface area contributed by atoms with E-state index in [9.17, 15) is 9.59 Å². The Morgan fingerprint density at radius 3 is 2.67 bits per heavy atom. The largest absolute Gasteiger partial charge is 0.341 e. The summed E-state index contributed by atoms with van der Waals surface area (Å²) in [5, 5.41) is 9.45. The third-order valence-electron chi connectivity index (χ3n) is 4.79. The van der Waals surface area contributed by atoms with Gasteiger partial charge in [0.2, 0.25) is 0 Å². The van der Waals surface area contributed by atoms with Crippen molar-refractivity contribution < 1.29 is 9.59 Å². The first kappa shape index (κ1) is 15.8. The van der Waals surface area contributed by atoms with E-state index in [2.05, 4.69) is 31.9 Å². The second-order valence-corrected chi connectivity index (χ2v) is 8.59. The second kappa shape index (κ2) is 4.89. The van der Waals surface area contributed by atoms with Crippen LogP contribution in [0.3, 0.4) is 0 Å². The Morgan fingerprint density at radius 1 is 1.17 bits per heavy atom. The molecule has 124 valence electrons. The van der Waals surface area contributed by atoms with Gasteiger partial charge in [0.25, 0.3) is 5.91 Å². The topological polar surface area (TPSA) is 70.2 Å². The predicted molar refractivity (Wildman–Crippen MR) is 98.4 cm³/mol. The van der Waals surface area contributed by atoms with Gasteiger partial charge in [-0.3, -0.25) is 9.59 Å². The Kier molecular flexibility index (Phi) is 3.22. The number of hydrogen-bond acceptors (Lipinski definition) is 3. The average molecular weight is 406 g/mol. The van der Waals surface area contributed by atoms with Crippen molar-refractivity contribution in [1.82, 2.24) is 10.6 Å². The van der Waals surface area contributed by atoms with Gasteiger partial charge in [0.1, 0.15) is 0 Å². The lowest BCUT2D eigenvalue weighted by Crippen LogP contribution is -2.62. The van der Waals surface area contributed by atoms with Gasteiger partial charge in [-0.2, -0.15) is 0 Å². The van der Waals surface area contributed by atoms with Gasteiger partial charge in [-0.25, -0.2) is 0 Å². The number of halogens is 1. The van der Waals surface area contributed by atoms with E-state index < -0.39 is 5.54 Å². The minimum absolute atomic E-state index is 0.0216. The number of Topliss-reactive ketones (excluding diaryl/α,β-unsaturated/α-hetero) is 1. The molecule has 0 bridgehead atoms. The lowest BCUT2D eigenvalue weighted by atomic mass is 9.68. The number of rotatable bonds is 0. The molecule has 2 aliphatic heterocycles. The molecule has 1 atom stereocenters. The molecule has 0 aromatic heterocycles. The summed E-state index contributed by atoms with van der Waals surface area (Å²) < 4.78 is 0.842. The van der Waals surface area contributed by atoms with Crippen molar-refractivity contribution in [3.8, 4) is 0 Å². The maximum atomic E-state index is 13.0. The molecular weight excluding hydrogens is 390 g/mol. The number of hydrogen-bond donors (Lipinski definition) is 3. The molecule has 4 rings (SSSR count). The number of amides is 1. The highest BCUT2D eigenvalue weighted by Crippen LogP contribution is 2.49. The minimum Gasteiger partial charge on any atom is -0.341 e. The van der Waals surface area contributed by atoms with E-state index in [0.29, 0.717) is 29.2 Å². The van der Waals surface area contributed by atoms with Crippen LogP contribution >= 0.6 is 28.1 Å². The van der Waals surface area contributed by atoms with Gasteiger partial charge in [-0.05, 0) is 42.3 Å². The van der Waals surface area contributed by atoms with E-state index in [0.717, 1.165) is 15.7 Å². The number of thiocarbonyl (C=S) groups is 1. The molecule has 0 saturated heterocycles. The first-order valence-electron chi connectivity index (χ1n) is 7.70. The highest BCUT2D eigenvalue weighted by Gasteiger charge is 2.57. The smallest absolute Gasteiger partial charge is 0.259 e. The van der Waals surface area contributed by atoms with Crippen LogP contribution in [0.4, 0.5) is 5.69 Å². The number of carbonyl (C=O) groups excluding carboxylic acids is 2. The fraction of sp³-hybridized carbons (Fsp3) is 0.353. The molecule has 7 heteroatoms.